The number of nitrogens with zero attached hydrogens (tertiary/aromatic N) is 2. The van der Waals surface area contributed by atoms with Gasteiger partial charge in [-0.2, -0.15) is 0 Å². The Morgan fingerprint density at radius 3 is 2.30 bits per heavy atom. The molecule has 0 unspecified atom stereocenters. The van der Waals surface area contributed by atoms with Crippen molar-refractivity contribution in [1.29, 1.82) is 0 Å². The van der Waals surface area contributed by atoms with Crippen LogP contribution in [-0.4, -0.2) is 60.5 Å². The van der Waals surface area contributed by atoms with E-state index in [0.29, 0.717) is 10.7 Å². The van der Waals surface area contributed by atoms with E-state index in [2.05, 4.69) is 5.32 Å². The van der Waals surface area contributed by atoms with Crippen LogP contribution < -0.4 is 5.32 Å². The molecule has 2 aromatic carbocycles. The Hall–Kier alpha value is -3.20. The minimum absolute atomic E-state index is 0.0451. The van der Waals surface area contributed by atoms with Gasteiger partial charge >= 0.3 is 0 Å². The van der Waals surface area contributed by atoms with E-state index in [9.17, 15) is 22.8 Å². The van der Waals surface area contributed by atoms with Gasteiger partial charge in [-0.3, -0.25) is 14.4 Å². The summed E-state index contributed by atoms with van der Waals surface area (Å²) in [5.74, 6) is -1.68. The van der Waals surface area contributed by atoms with Crippen LogP contribution in [0.2, 0.25) is 0 Å². The van der Waals surface area contributed by atoms with Crippen LogP contribution in [-0.2, 0) is 26.0 Å². The van der Waals surface area contributed by atoms with Crippen molar-refractivity contribution >= 4 is 27.7 Å². The Labute approximate surface area is 194 Å². The maximum Gasteiger partial charge on any atom is 0.269 e. The minimum Gasteiger partial charge on any atom is -0.352 e. The van der Waals surface area contributed by atoms with Crippen LogP contribution in [0.25, 0.3) is 0 Å². The quantitative estimate of drug-likeness (QED) is 0.604. The van der Waals surface area contributed by atoms with Gasteiger partial charge < -0.3 is 10.2 Å². The molecule has 0 radical (unpaired) electrons. The van der Waals surface area contributed by atoms with Crippen molar-refractivity contribution in [3.05, 3.63) is 65.7 Å². The number of sulfonamides is 1. The number of hydrogen-bond acceptors (Lipinski definition) is 5. The lowest BCUT2D eigenvalue weighted by Gasteiger charge is -2.30. The fraction of sp³-hybridized carbons (Fsp3) is 0.375. The van der Waals surface area contributed by atoms with E-state index in [-0.39, 0.29) is 29.0 Å². The largest absolute Gasteiger partial charge is 0.352 e. The summed E-state index contributed by atoms with van der Waals surface area (Å²) in [6.45, 7) is 4.96. The van der Waals surface area contributed by atoms with E-state index >= 15 is 0 Å². The van der Waals surface area contributed by atoms with E-state index in [0.717, 1.165) is 12.0 Å². The number of carbonyl (C=O) groups excluding carboxylic acids is 3. The van der Waals surface area contributed by atoms with Crippen molar-refractivity contribution in [2.75, 3.05) is 13.1 Å². The van der Waals surface area contributed by atoms with Gasteiger partial charge in [0, 0.05) is 12.6 Å². The van der Waals surface area contributed by atoms with Crippen molar-refractivity contribution in [1.82, 2.24) is 14.5 Å². The highest BCUT2D eigenvalue weighted by atomic mass is 32.2. The third-order valence-electron chi connectivity index (χ3n) is 5.84. The molecule has 0 spiro atoms. The van der Waals surface area contributed by atoms with Crippen LogP contribution in [0.1, 0.15) is 43.1 Å². The highest BCUT2D eigenvalue weighted by Crippen LogP contribution is 2.29. The van der Waals surface area contributed by atoms with Gasteiger partial charge in [0.15, 0.2) is 0 Å². The molecule has 2 atom stereocenters. The predicted octanol–water partition coefficient (Wildman–Crippen LogP) is 2.21. The number of hydrogen-bond donors (Lipinski definition) is 1. The lowest BCUT2D eigenvalue weighted by molar-refractivity contribution is -0.140. The van der Waals surface area contributed by atoms with Crippen LogP contribution in [0.5, 0.6) is 0 Å². The fourth-order valence-corrected chi connectivity index (χ4v) is 5.15. The van der Waals surface area contributed by atoms with E-state index in [1.54, 1.807) is 13.0 Å². The first-order valence-electron chi connectivity index (χ1n) is 11.0. The van der Waals surface area contributed by atoms with Gasteiger partial charge in [0.2, 0.25) is 11.8 Å². The standard InChI is InChI=1S/C24H29N3O5S/c1-4-17(2)25-23(29)18(3)26(15-14-19-10-6-5-7-11-19)22(28)16-27-24(30)20-12-8-9-13-21(20)33(27,31)32/h5-13,17-18H,4,14-16H2,1-3H3,(H,25,29)/t17-,18+/m1/s1. The number of benzene rings is 2. The molecule has 3 amide bonds. The summed E-state index contributed by atoms with van der Waals surface area (Å²) in [5.41, 5.74) is 1.02. The molecule has 1 heterocycles. The monoisotopic (exact) mass is 471 g/mol. The summed E-state index contributed by atoms with van der Waals surface area (Å²) in [6, 6.07) is 14.5. The third-order valence-corrected chi connectivity index (χ3v) is 7.63. The first-order valence-corrected chi connectivity index (χ1v) is 12.4. The molecule has 0 fully saturated rings. The highest BCUT2D eigenvalue weighted by Gasteiger charge is 2.43. The van der Waals surface area contributed by atoms with E-state index in [1.165, 1.54) is 23.1 Å². The van der Waals surface area contributed by atoms with E-state index in [4.69, 9.17) is 0 Å². The Balaban J connectivity index is 1.82. The van der Waals surface area contributed by atoms with Gasteiger partial charge in [-0.15, -0.1) is 0 Å². The molecule has 1 N–H and O–H groups in total. The third kappa shape index (κ3) is 5.24. The van der Waals surface area contributed by atoms with Crippen molar-refractivity contribution in [2.45, 2.75) is 50.6 Å². The second-order valence-electron chi connectivity index (χ2n) is 8.13. The van der Waals surface area contributed by atoms with Gasteiger partial charge in [-0.05, 0) is 44.4 Å². The number of fused-ring (bicyclic) bond motifs is 1. The molecule has 8 nitrogen and oxygen atoms in total. The lowest BCUT2D eigenvalue weighted by Crippen LogP contribution is -2.53. The smallest absolute Gasteiger partial charge is 0.269 e. The number of nitrogens with one attached hydrogen (secondary N) is 1. The maximum absolute atomic E-state index is 13.3. The van der Waals surface area contributed by atoms with Crippen molar-refractivity contribution in [2.24, 2.45) is 0 Å². The second kappa shape index (κ2) is 10.2. The summed E-state index contributed by atoms with van der Waals surface area (Å²) in [6.07, 6.45) is 1.21. The van der Waals surface area contributed by atoms with Crippen molar-refractivity contribution in [3.8, 4) is 0 Å². The van der Waals surface area contributed by atoms with Gasteiger partial charge in [0.1, 0.15) is 17.5 Å². The Kier molecular flexibility index (Phi) is 7.53. The summed E-state index contributed by atoms with van der Waals surface area (Å²) in [7, 11) is -4.12. The Morgan fingerprint density at radius 1 is 1.03 bits per heavy atom. The Bertz CT molecular complexity index is 1130. The predicted molar refractivity (Wildman–Crippen MR) is 124 cm³/mol. The molecule has 3 rings (SSSR count). The molecular formula is C24H29N3O5S. The molecular weight excluding hydrogens is 442 g/mol. The highest BCUT2D eigenvalue weighted by molar-refractivity contribution is 7.90. The van der Waals surface area contributed by atoms with Crippen LogP contribution in [0, 0.1) is 0 Å². The maximum atomic E-state index is 13.3. The Morgan fingerprint density at radius 2 is 1.67 bits per heavy atom. The summed E-state index contributed by atoms with van der Waals surface area (Å²) < 4.78 is 26.3. The number of carbonyl (C=O) groups is 3. The SMILES string of the molecule is CC[C@@H](C)NC(=O)[C@H](C)N(CCc1ccccc1)C(=O)CN1C(=O)c2ccccc2S1(=O)=O. The van der Waals surface area contributed by atoms with Gasteiger partial charge in [-0.25, -0.2) is 12.7 Å². The van der Waals surface area contributed by atoms with Crippen LogP contribution >= 0.6 is 0 Å². The molecule has 33 heavy (non-hydrogen) atoms. The topological polar surface area (TPSA) is 104 Å². The molecule has 0 aliphatic carbocycles. The molecule has 1 aliphatic heterocycles. The lowest BCUT2D eigenvalue weighted by atomic mass is 10.1. The zero-order chi connectivity index (χ0) is 24.2. The first-order chi connectivity index (χ1) is 15.7. The van der Waals surface area contributed by atoms with Crippen LogP contribution in [0.3, 0.4) is 0 Å². The number of rotatable bonds is 9. The normalized spacial score (nSPS) is 16.1. The first kappa shape index (κ1) is 24.4. The zero-order valence-corrected chi connectivity index (χ0v) is 19.8. The molecule has 2 aromatic rings. The summed E-state index contributed by atoms with van der Waals surface area (Å²) in [4.78, 5) is 40.0. The van der Waals surface area contributed by atoms with Crippen LogP contribution in [0.15, 0.2) is 59.5 Å². The van der Waals surface area contributed by atoms with Gasteiger partial charge in [0.25, 0.3) is 15.9 Å². The van der Waals surface area contributed by atoms with E-state index in [1.807, 2.05) is 44.2 Å². The van der Waals surface area contributed by atoms with Crippen molar-refractivity contribution in [3.63, 3.8) is 0 Å². The molecule has 0 aromatic heterocycles. The summed E-state index contributed by atoms with van der Waals surface area (Å²) >= 11 is 0. The van der Waals surface area contributed by atoms with Crippen molar-refractivity contribution < 1.29 is 22.8 Å². The second-order valence-corrected chi connectivity index (χ2v) is 9.96. The molecule has 1 aliphatic rings. The van der Waals surface area contributed by atoms with Gasteiger partial charge in [-0.1, -0.05) is 49.4 Å². The van der Waals surface area contributed by atoms with Gasteiger partial charge in [0.05, 0.1) is 5.56 Å². The molecule has 9 heteroatoms. The minimum atomic E-state index is -4.12. The summed E-state index contributed by atoms with van der Waals surface area (Å²) in [5, 5.41) is 2.86. The van der Waals surface area contributed by atoms with E-state index < -0.39 is 34.4 Å². The molecule has 176 valence electrons. The fourth-order valence-electron chi connectivity index (χ4n) is 3.64. The average Bonchev–Trinajstić information content (AvgIpc) is 3.00. The molecule has 0 bridgehead atoms. The zero-order valence-electron chi connectivity index (χ0n) is 19.0. The molecule has 0 saturated heterocycles. The van der Waals surface area contributed by atoms with Crippen LogP contribution in [0.4, 0.5) is 0 Å². The number of amides is 3. The average molecular weight is 472 g/mol. The molecule has 0 saturated carbocycles.